The Balaban J connectivity index is 2.00. The lowest BCUT2D eigenvalue weighted by Gasteiger charge is -2.06. The van der Waals surface area contributed by atoms with Crippen LogP contribution in [-0.4, -0.2) is 15.7 Å². The summed E-state index contributed by atoms with van der Waals surface area (Å²) in [5, 5.41) is 11.6. The summed E-state index contributed by atoms with van der Waals surface area (Å²) >= 11 is 12.5. The van der Waals surface area contributed by atoms with E-state index >= 15 is 0 Å². The summed E-state index contributed by atoms with van der Waals surface area (Å²) in [5.74, 6) is -0.445. The minimum atomic E-state index is -0.617. The minimum Gasteiger partial charge on any atom is -0.321 e. The second-order valence-corrected chi connectivity index (χ2v) is 7.68. The Morgan fingerprint density at radius 3 is 2.62 bits per heavy atom. The van der Waals surface area contributed by atoms with Crippen LogP contribution < -0.4 is 5.56 Å². The number of carbonyl (C=O) groups excluding carboxylic acids is 1. The van der Waals surface area contributed by atoms with Gasteiger partial charge in [-0.25, -0.2) is 0 Å². The van der Waals surface area contributed by atoms with Crippen LogP contribution >= 0.6 is 43.5 Å². The third-order valence-electron chi connectivity index (χ3n) is 3.75. The molecule has 0 amide bonds. The van der Waals surface area contributed by atoms with E-state index in [1.54, 1.807) is 12.1 Å². The van der Waals surface area contributed by atoms with Gasteiger partial charge in [0.2, 0.25) is 0 Å². The molecule has 0 atom stereocenters. The number of Topliss-reactive ketones (excluding diaryl/α,β-unsaturated/α-hetero) is 1. The normalized spacial score (nSPS) is 10.9. The SMILES string of the molecule is O=C(Cc1ccc(Cl)c([N+](=O)[O-])c1)c1cc2c(Br)cc(Br)cc2[nH]c1=O. The van der Waals surface area contributed by atoms with Crippen molar-refractivity contribution in [3.8, 4) is 0 Å². The Labute approximate surface area is 168 Å². The molecular formula is C17H9Br2ClN2O4. The molecule has 6 nitrogen and oxygen atoms in total. The zero-order chi connectivity index (χ0) is 19.0. The lowest BCUT2D eigenvalue weighted by atomic mass is 10.0. The topological polar surface area (TPSA) is 93.1 Å². The van der Waals surface area contributed by atoms with Crippen molar-refractivity contribution in [1.82, 2.24) is 4.98 Å². The van der Waals surface area contributed by atoms with Crippen LogP contribution in [0, 0.1) is 10.1 Å². The maximum Gasteiger partial charge on any atom is 0.288 e. The fourth-order valence-electron chi connectivity index (χ4n) is 2.53. The first-order valence-corrected chi connectivity index (χ1v) is 9.21. The van der Waals surface area contributed by atoms with Crippen molar-refractivity contribution < 1.29 is 9.72 Å². The molecule has 0 aliphatic rings. The summed E-state index contributed by atoms with van der Waals surface area (Å²) in [6.45, 7) is 0. The molecule has 0 radical (unpaired) electrons. The van der Waals surface area contributed by atoms with Crippen LogP contribution in [0.2, 0.25) is 5.02 Å². The van der Waals surface area contributed by atoms with E-state index in [9.17, 15) is 19.7 Å². The predicted octanol–water partition coefficient (Wildman–Crippen LogP) is 5.04. The third-order valence-corrected chi connectivity index (χ3v) is 5.18. The molecule has 0 aliphatic carbocycles. The van der Waals surface area contributed by atoms with Gasteiger partial charge in [-0.15, -0.1) is 0 Å². The fourth-order valence-corrected chi connectivity index (χ4v) is 4.06. The highest BCUT2D eigenvalue weighted by molar-refractivity contribution is 9.11. The number of benzene rings is 2. The molecule has 0 fully saturated rings. The standard InChI is InChI=1S/C17H9Br2ClN2O4/c18-9-5-12(19)10-7-11(17(24)21-14(10)6-9)16(23)4-8-1-2-13(20)15(3-8)22(25)26/h1-3,5-7H,4H2,(H,21,24). The third kappa shape index (κ3) is 3.72. The van der Waals surface area contributed by atoms with E-state index in [0.717, 1.165) is 4.47 Å². The molecule has 1 aromatic heterocycles. The van der Waals surface area contributed by atoms with Crippen LogP contribution in [0.25, 0.3) is 10.9 Å². The van der Waals surface area contributed by atoms with Crippen LogP contribution in [0.5, 0.6) is 0 Å². The number of pyridine rings is 1. The van der Waals surface area contributed by atoms with E-state index in [1.165, 1.54) is 24.3 Å². The number of nitrogens with zero attached hydrogens (tertiary/aromatic N) is 1. The molecule has 0 bridgehead atoms. The molecule has 0 spiro atoms. The molecule has 26 heavy (non-hydrogen) atoms. The van der Waals surface area contributed by atoms with Gasteiger partial charge in [0, 0.05) is 26.8 Å². The number of ketones is 1. The predicted molar refractivity (Wildman–Crippen MR) is 106 cm³/mol. The maximum atomic E-state index is 12.6. The summed E-state index contributed by atoms with van der Waals surface area (Å²) in [7, 11) is 0. The number of carbonyl (C=O) groups is 1. The summed E-state index contributed by atoms with van der Waals surface area (Å²) in [6.07, 6.45) is -0.152. The van der Waals surface area contributed by atoms with Crippen LogP contribution in [0.3, 0.4) is 0 Å². The number of fused-ring (bicyclic) bond motifs is 1. The first-order valence-electron chi connectivity index (χ1n) is 7.24. The lowest BCUT2D eigenvalue weighted by Crippen LogP contribution is -2.19. The van der Waals surface area contributed by atoms with E-state index < -0.39 is 16.3 Å². The van der Waals surface area contributed by atoms with Crippen molar-refractivity contribution in [3.05, 3.63) is 82.0 Å². The van der Waals surface area contributed by atoms with E-state index in [2.05, 4.69) is 36.8 Å². The van der Waals surface area contributed by atoms with Gasteiger partial charge in [-0.3, -0.25) is 19.7 Å². The Morgan fingerprint density at radius 1 is 1.19 bits per heavy atom. The molecule has 3 rings (SSSR count). The number of nitro benzene ring substituents is 1. The van der Waals surface area contributed by atoms with Gasteiger partial charge < -0.3 is 4.98 Å². The summed E-state index contributed by atoms with van der Waals surface area (Å²) in [4.78, 5) is 37.9. The second kappa shape index (κ2) is 7.30. The van der Waals surface area contributed by atoms with Gasteiger partial charge in [-0.1, -0.05) is 49.5 Å². The van der Waals surface area contributed by atoms with Crippen molar-refractivity contribution in [2.45, 2.75) is 6.42 Å². The highest BCUT2D eigenvalue weighted by atomic mass is 79.9. The molecule has 9 heteroatoms. The number of hydrogen-bond donors (Lipinski definition) is 1. The monoisotopic (exact) mass is 498 g/mol. The number of hydrogen-bond acceptors (Lipinski definition) is 4. The molecule has 132 valence electrons. The highest BCUT2D eigenvalue weighted by Crippen LogP contribution is 2.28. The molecule has 0 saturated carbocycles. The average molecular weight is 501 g/mol. The van der Waals surface area contributed by atoms with E-state index in [-0.39, 0.29) is 22.7 Å². The van der Waals surface area contributed by atoms with Gasteiger partial charge >= 0.3 is 0 Å². The molecule has 0 aliphatic heterocycles. The van der Waals surface area contributed by atoms with Crippen molar-refractivity contribution in [1.29, 1.82) is 0 Å². The van der Waals surface area contributed by atoms with Crippen LogP contribution in [0.1, 0.15) is 15.9 Å². The second-order valence-electron chi connectivity index (χ2n) is 5.50. The first kappa shape index (κ1) is 18.8. The molecule has 1 N–H and O–H groups in total. The smallest absolute Gasteiger partial charge is 0.288 e. The fraction of sp³-hybridized carbons (Fsp3) is 0.0588. The van der Waals surface area contributed by atoms with Crippen LogP contribution in [0.15, 0.2) is 50.1 Å². The summed E-state index contributed by atoms with van der Waals surface area (Å²) in [5.41, 5.74) is 0.168. The number of aromatic amines is 1. The minimum absolute atomic E-state index is 0.00995. The zero-order valence-corrected chi connectivity index (χ0v) is 16.8. The Kier molecular flexibility index (Phi) is 5.27. The number of nitro groups is 1. The Bertz CT molecular complexity index is 1130. The summed E-state index contributed by atoms with van der Waals surface area (Å²) < 4.78 is 1.49. The quantitative estimate of drug-likeness (QED) is 0.309. The number of H-pyrrole nitrogens is 1. The van der Waals surface area contributed by atoms with Crippen molar-refractivity contribution in [3.63, 3.8) is 0 Å². The highest BCUT2D eigenvalue weighted by Gasteiger charge is 2.17. The number of rotatable bonds is 4. The molecule has 2 aromatic carbocycles. The maximum absolute atomic E-state index is 12.6. The summed E-state index contributed by atoms with van der Waals surface area (Å²) in [6, 6.07) is 9.17. The van der Waals surface area contributed by atoms with Crippen molar-refractivity contribution in [2.75, 3.05) is 0 Å². The van der Waals surface area contributed by atoms with E-state index in [0.29, 0.717) is 20.9 Å². The molecule has 1 heterocycles. The lowest BCUT2D eigenvalue weighted by molar-refractivity contribution is -0.384. The average Bonchev–Trinajstić information content (AvgIpc) is 2.55. The Hall–Kier alpha value is -2.03. The zero-order valence-electron chi connectivity index (χ0n) is 12.9. The molecular weight excluding hydrogens is 491 g/mol. The van der Waals surface area contributed by atoms with Crippen molar-refractivity contribution in [2.24, 2.45) is 0 Å². The van der Waals surface area contributed by atoms with Gasteiger partial charge in [0.25, 0.3) is 11.2 Å². The first-order chi connectivity index (χ1) is 12.3. The number of nitrogens with one attached hydrogen (secondary N) is 1. The van der Waals surface area contributed by atoms with E-state index in [1.807, 2.05) is 0 Å². The van der Waals surface area contributed by atoms with Gasteiger partial charge in [0.05, 0.1) is 16.0 Å². The van der Waals surface area contributed by atoms with Gasteiger partial charge in [-0.2, -0.15) is 0 Å². The van der Waals surface area contributed by atoms with Crippen LogP contribution in [-0.2, 0) is 6.42 Å². The van der Waals surface area contributed by atoms with E-state index in [4.69, 9.17) is 11.6 Å². The largest absolute Gasteiger partial charge is 0.321 e. The molecule has 0 saturated heterocycles. The molecule has 0 unspecified atom stereocenters. The number of halogens is 3. The van der Waals surface area contributed by atoms with Gasteiger partial charge in [0.1, 0.15) is 5.02 Å². The molecule has 3 aromatic rings. The van der Waals surface area contributed by atoms with Gasteiger partial charge in [-0.05, 0) is 29.8 Å². The Morgan fingerprint density at radius 2 is 1.92 bits per heavy atom. The van der Waals surface area contributed by atoms with Crippen LogP contribution in [0.4, 0.5) is 5.69 Å². The van der Waals surface area contributed by atoms with Crippen molar-refractivity contribution >= 4 is 65.8 Å². The van der Waals surface area contributed by atoms with Gasteiger partial charge in [0.15, 0.2) is 5.78 Å². The number of aromatic nitrogens is 1.